The van der Waals surface area contributed by atoms with Gasteiger partial charge in [-0.25, -0.2) is 8.42 Å². The molecule has 0 aromatic heterocycles. The van der Waals surface area contributed by atoms with Crippen molar-refractivity contribution in [2.75, 3.05) is 19.6 Å². The lowest BCUT2D eigenvalue weighted by molar-refractivity contribution is -0.132. The van der Waals surface area contributed by atoms with E-state index in [0.717, 1.165) is 0 Å². The van der Waals surface area contributed by atoms with E-state index in [1.54, 1.807) is 23.1 Å². The van der Waals surface area contributed by atoms with Crippen LogP contribution in [0.3, 0.4) is 0 Å². The average molecular weight is 384 g/mol. The van der Waals surface area contributed by atoms with Crippen molar-refractivity contribution in [3.05, 3.63) is 41.9 Å². The highest BCUT2D eigenvalue weighted by Crippen LogP contribution is 2.34. The second kappa shape index (κ2) is 6.72. The lowest BCUT2D eigenvalue weighted by Crippen LogP contribution is -2.59. The summed E-state index contributed by atoms with van der Waals surface area (Å²) < 4.78 is 27.1. The van der Waals surface area contributed by atoms with Crippen molar-refractivity contribution in [3.63, 3.8) is 0 Å². The molecule has 1 N–H and O–H groups in total. The number of nitrogens with zero attached hydrogens (tertiary/aromatic N) is 2. The molecule has 2 aliphatic heterocycles. The number of carbonyl (C=O) groups excluding carboxylic acids is 1. The van der Waals surface area contributed by atoms with Crippen LogP contribution in [0, 0.1) is 0 Å². The number of amides is 1. The molecule has 2 fully saturated rings. The molecule has 2 saturated heterocycles. The molecular formula is C17H22ClN3O3S. The van der Waals surface area contributed by atoms with Gasteiger partial charge < -0.3 is 4.90 Å². The number of halogens is 1. The molecule has 0 radical (unpaired) electrons. The molecule has 6 nitrogen and oxygen atoms in total. The zero-order chi connectivity index (χ0) is 18.2. The quantitative estimate of drug-likeness (QED) is 0.805. The molecule has 25 heavy (non-hydrogen) atoms. The van der Waals surface area contributed by atoms with Gasteiger partial charge in [-0.2, -0.15) is 4.31 Å². The van der Waals surface area contributed by atoms with Crippen LogP contribution >= 0.6 is 11.6 Å². The molecule has 0 unspecified atom stereocenters. The Morgan fingerprint density at radius 3 is 2.48 bits per heavy atom. The Kier molecular flexibility index (Phi) is 4.94. The second-order valence-corrected chi connectivity index (χ2v) is 8.87. The third kappa shape index (κ3) is 3.21. The minimum absolute atomic E-state index is 0.0360. The Bertz CT molecular complexity index is 771. The predicted octanol–water partition coefficient (Wildman–Crippen LogP) is 1.83. The van der Waals surface area contributed by atoms with Crippen molar-refractivity contribution in [1.29, 1.82) is 0 Å². The largest absolute Gasteiger partial charge is 0.319 e. The normalized spacial score (nSPS) is 24.0. The van der Waals surface area contributed by atoms with Crippen LogP contribution in [0.2, 0.25) is 5.02 Å². The molecule has 2 aliphatic rings. The fraction of sp³-hybridized carbons (Fsp3) is 0.471. The first-order chi connectivity index (χ1) is 11.8. The molecule has 0 bridgehead atoms. The first-order valence-corrected chi connectivity index (χ1v) is 10.1. The van der Waals surface area contributed by atoms with Crippen LogP contribution in [-0.4, -0.2) is 54.9 Å². The molecule has 1 aromatic carbocycles. The number of benzene rings is 1. The van der Waals surface area contributed by atoms with Gasteiger partial charge in [0.2, 0.25) is 15.9 Å². The number of nitrogens with one attached hydrogen (secondary N) is 1. The summed E-state index contributed by atoms with van der Waals surface area (Å²) in [6.45, 7) is 6.73. The molecule has 1 spiro atoms. The van der Waals surface area contributed by atoms with Crippen LogP contribution in [-0.2, 0) is 14.8 Å². The van der Waals surface area contributed by atoms with Gasteiger partial charge in [0.05, 0.1) is 16.6 Å². The van der Waals surface area contributed by atoms with Gasteiger partial charge in [0.15, 0.2) is 0 Å². The van der Waals surface area contributed by atoms with Crippen molar-refractivity contribution >= 4 is 27.5 Å². The molecule has 0 saturated carbocycles. The molecule has 2 heterocycles. The van der Waals surface area contributed by atoms with Crippen molar-refractivity contribution < 1.29 is 13.2 Å². The third-order valence-corrected chi connectivity index (χ3v) is 7.12. The molecular weight excluding hydrogens is 362 g/mol. The first kappa shape index (κ1) is 18.4. The van der Waals surface area contributed by atoms with E-state index in [1.165, 1.54) is 16.4 Å². The monoisotopic (exact) mass is 383 g/mol. The Morgan fingerprint density at radius 2 is 1.92 bits per heavy atom. The van der Waals surface area contributed by atoms with Gasteiger partial charge >= 0.3 is 0 Å². The van der Waals surface area contributed by atoms with Gasteiger partial charge in [0.1, 0.15) is 0 Å². The molecule has 8 heteroatoms. The van der Waals surface area contributed by atoms with Gasteiger partial charge in [-0.05, 0) is 44.0 Å². The van der Waals surface area contributed by atoms with Gasteiger partial charge in [-0.15, -0.1) is 6.58 Å². The number of hydrogen-bond acceptors (Lipinski definition) is 4. The van der Waals surface area contributed by atoms with Crippen molar-refractivity contribution in [1.82, 2.24) is 14.5 Å². The smallest absolute Gasteiger partial charge is 0.243 e. The average Bonchev–Trinajstić information content (AvgIpc) is 2.80. The third-order valence-electron chi connectivity index (χ3n) is 4.95. The van der Waals surface area contributed by atoms with Gasteiger partial charge in [-0.1, -0.05) is 17.7 Å². The summed E-state index contributed by atoms with van der Waals surface area (Å²) in [7, 11) is -3.56. The van der Waals surface area contributed by atoms with E-state index in [4.69, 9.17) is 11.6 Å². The van der Waals surface area contributed by atoms with Crippen molar-refractivity contribution in [3.8, 4) is 0 Å². The Hall–Kier alpha value is -1.41. The maximum Gasteiger partial charge on any atom is 0.243 e. The molecule has 1 atom stereocenters. The number of carbonyl (C=O) groups is 1. The fourth-order valence-electron chi connectivity index (χ4n) is 3.65. The van der Waals surface area contributed by atoms with E-state index >= 15 is 0 Å². The van der Waals surface area contributed by atoms with E-state index in [-0.39, 0.29) is 16.8 Å². The summed E-state index contributed by atoms with van der Waals surface area (Å²) in [5.41, 5.74) is -0.489. The minimum Gasteiger partial charge on any atom is -0.319 e. The molecule has 0 aliphatic carbocycles. The van der Waals surface area contributed by atoms with Gasteiger partial charge in [0.25, 0.3) is 0 Å². The number of sulfonamides is 1. The predicted molar refractivity (Wildman–Crippen MR) is 96.7 cm³/mol. The summed E-state index contributed by atoms with van der Waals surface area (Å²) in [5, 5.41) is 3.86. The van der Waals surface area contributed by atoms with E-state index in [9.17, 15) is 13.2 Å². The maximum atomic E-state index is 12.8. The summed E-state index contributed by atoms with van der Waals surface area (Å²) in [6.07, 6.45) is 2.80. The number of piperidine rings is 1. The Labute approximate surface area is 153 Å². The molecule has 3 rings (SSSR count). The van der Waals surface area contributed by atoms with Crippen LogP contribution in [0.15, 0.2) is 41.8 Å². The molecule has 1 amide bonds. The first-order valence-electron chi connectivity index (χ1n) is 8.26. The van der Waals surface area contributed by atoms with Gasteiger partial charge in [0, 0.05) is 24.7 Å². The standard InChI is InChI=1S/C17H22ClN3O3S/c1-3-10-21-16(22)13(2)19-17(21)8-11-20(12-9-17)25(23,24)15-6-4-14(18)5-7-15/h3-7,13,19H,1,8-12H2,2H3/t13-/m0/s1. The summed E-state index contributed by atoms with van der Waals surface area (Å²) in [5.74, 6) is 0.0360. The van der Waals surface area contributed by atoms with E-state index < -0.39 is 15.7 Å². The highest BCUT2D eigenvalue weighted by molar-refractivity contribution is 7.89. The molecule has 136 valence electrons. The van der Waals surface area contributed by atoms with Crippen LogP contribution < -0.4 is 5.32 Å². The summed E-state index contributed by atoms with van der Waals surface area (Å²) >= 11 is 5.84. The zero-order valence-corrected chi connectivity index (χ0v) is 15.7. The fourth-order valence-corrected chi connectivity index (χ4v) is 5.21. The number of hydrogen-bond donors (Lipinski definition) is 1. The lowest BCUT2D eigenvalue weighted by Gasteiger charge is -2.43. The highest BCUT2D eigenvalue weighted by atomic mass is 35.5. The van der Waals surface area contributed by atoms with Gasteiger partial charge in [-0.3, -0.25) is 10.1 Å². The zero-order valence-electron chi connectivity index (χ0n) is 14.1. The van der Waals surface area contributed by atoms with Crippen LogP contribution in [0.25, 0.3) is 0 Å². The van der Waals surface area contributed by atoms with Crippen LogP contribution in [0.4, 0.5) is 0 Å². The SMILES string of the molecule is C=CCN1C(=O)[C@H](C)NC12CCN(S(=O)(=O)c1ccc(Cl)cc1)CC2. The highest BCUT2D eigenvalue weighted by Gasteiger charge is 2.50. The van der Waals surface area contributed by atoms with E-state index in [2.05, 4.69) is 11.9 Å². The summed E-state index contributed by atoms with van der Waals surface area (Å²) in [6, 6.07) is 5.92. The molecule has 1 aromatic rings. The Balaban J connectivity index is 1.78. The van der Waals surface area contributed by atoms with Crippen molar-refractivity contribution in [2.24, 2.45) is 0 Å². The van der Waals surface area contributed by atoms with Crippen molar-refractivity contribution in [2.45, 2.75) is 36.4 Å². The second-order valence-electron chi connectivity index (χ2n) is 6.49. The van der Waals surface area contributed by atoms with E-state index in [1.807, 2.05) is 6.92 Å². The lowest BCUT2D eigenvalue weighted by atomic mass is 9.97. The summed E-state index contributed by atoms with van der Waals surface area (Å²) in [4.78, 5) is 14.4. The topological polar surface area (TPSA) is 69.7 Å². The maximum absolute atomic E-state index is 12.8. The van der Waals surface area contributed by atoms with Crippen LogP contribution in [0.5, 0.6) is 0 Å². The Morgan fingerprint density at radius 1 is 1.32 bits per heavy atom. The van der Waals surface area contributed by atoms with Crippen LogP contribution in [0.1, 0.15) is 19.8 Å². The minimum atomic E-state index is -3.56. The number of rotatable bonds is 4. The van der Waals surface area contributed by atoms with E-state index in [0.29, 0.717) is 37.5 Å².